The van der Waals surface area contributed by atoms with Gasteiger partial charge in [-0.2, -0.15) is 0 Å². The minimum Gasteiger partial charge on any atom is -0.359 e. The van der Waals surface area contributed by atoms with Crippen molar-refractivity contribution in [2.45, 2.75) is 57.9 Å². The molecular formula is C17H31N3S. The van der Waals surface area contributed by atoms with Crippen molar-refractivity contribution in [1.29, 1.82) is 0 Å². The minimum absolute atomic E-state index is 0.379. The Balaban J connectivity index is 1.54. The molecule has 2 heterocycles. The number of nitrogens with one attached hydrogen (secondary N) is 1. The van der Waals surface area contributed by atoms with Gasteiger partial charge in [0.25, 0.3) is 0 Å². The Hall–Kier alpha value is -0.220. The molecule has 3 rings (SSSR count). The number of nitrogens with zero attached hydrogens (tertiary/aromatic N) is 2. The second-order valence-electron chi connectivity index (χ2n) is 8.11. The lowest BCUT2D eigenvalue weighted by atomic mass is 9.78. The van der Waals surface area contributed by atoms with E-state index >= 15 is 0 Å². The van der Waals surface area contributed by atoms with Crippen molar-refractivity contribution in [2.24, 2.45) is 16.3 Å². The second-order valence-corrected chi connectivity index (χ2v) is 9.08. The van der Waals surface area contributed by atoms with E-state index in [0.29, 0.717) is 11.0 Å². The molecule has 3 fully saturated rings. The molecule has 1 N–H and O–H groups in total. The number of amidine groups is 1. The minimum atomic E-state index is 0.379. The number of hydrogen-bond acceptors (Lipinski definition) is 3. The molecule has 0 radical (unpaired) electrons. The van der Waals surface area contributed by atoms with Gasteiger partial charge in [-0.05, 0) is 70.0 Å². The number of thioether (sulfide) groups is 1. The lowest BCUT2D eigenvalue weighted by molar-refractivity contribution is 0.147. The van der Waals surface area contributed by atoms with Crippen LogP contribution in [0.4, 0.5) is 0 Å². The predicted octanol–water partition coefficient (Wildman–Crippen LogP) is 3.36. The maximum absolute atomic E-state index is 4.96. The fourth-order valence-corrected chi connectivity index (χ4v) is 4.97. The van der Waals surface area contributed by atoms with Crippen molar-refractivity contribution < 1.29 is 0 Å². The Morgan fingerprint density at radius 2 is 1.90 bits per heavy atom. The van der Waals surface area contributed by atoms with Crippen molar-refractivity contribution in [3.63, 3.8) is 0 Å². The predicted molar refractivity (Wildman–Crippen MR) is 93.1 cm³/mol. The van der Waals surface area contributed by atoms with Gasteiger partial charge in [0.1, 0.15) is 0 Å². The molecule has 4 heteroatoms. The first-order chi connectivity index (χ1) is 9.99. The van der Waals surface area contributed by atoms with E-state index in [9.17, 15) is 0 Å². The first kappa shape index (κ1) is 15.7. The summed E-state index contributed by atoms with van der Waals surface area (Å²) in [7, 11) is 2.23. The summed E-state index contributed by atoms with van der Waals surface area (Å²) >= 11 is 1.97. The number of rotatable bonds is 2. The molecule has 0 aromatic heterocycles. The molecule has 3 nitrogen and oxygen atoms in total. The van der Waals surface area contributed by atoms with Gasteiger partial charge in [0.05, 0.1) is 0 Å². The number of hydrogen-bond donors (Lipinski definition) is 1. The summed E-state index contributed by atoms with van der Waals surface area (Å²) in [4.78, 5) is 7.40. The summed E-state index contributed by atoms with van der Waals surface area (Å²) in [6.07, 6.45) is 8.00. The molecule has 1 aliphatic carbocycles. The summed E-state index contributed by atoms with van der Waals surface area (Å²) in [6, 6.07) is 0. The molecule has 0 unspecified atom stereocenters. The fourth-order valence-electron chi connectivity index (χ4n) is 3.75. The van der Waals surface area contributed by atoms with Crippen LogP contribution in [0.3, 0.4) is 0 Å². The molecule has 1 spiro atoms. The standard InChI is InChI=1S/C17H31N3S/c1-14-4-6-17(7-5-14)13-21-15(19-17)18-12-16(2)8-10-20(3)11-9-16/h14H,4-13H2,1-3H3,(H,18,19). The average Bonchev–Trinajstić information content (AvgIpc) is 2.88. The molecule has 0 aromatic rings. The summed E-state index contributed by atoms with van der Waals surface area (Å²) < 4.78 is 0. The van der Waals surface area contributed by atoms with Crippen LogP contribution in [0, 0.1) is 11.3 Å². The van der Waals surface area contributed by atoms with E-state index in [1.807, 2.05) is 11.8 Å². The van der Waals surface area contributed by atoms with Gasteiger partial charge in [-0.3, -0.25) is 4.99 Å². The van der Waals surface area contributed by atoms with Gasteiger partial charge in [-0.15, -0.1) is 0 Å². The van der Waals surface area contributed by atoms with Gasteiger partial charge in [-0.25, -0.2) is 0 Å². The SMILES string of the molecule is CC1CCC2(CC1)CSC(=NCC1(C)CCN(C)CC1)N2. The number of likely N-dealkylation sites (tertiary alicyclic amines) is 1. The van der Waals surface area contributed by atoms with Crippen LogP contribution in [0.1, 0.15) is 52.4 Å². The van der Waals surface area contributed by atoms with Gasteiger partial charge < -0.3 is 10.2 Å². The Kier molecular flexibility index (Phi) is 4.56. The molecule has 120 valence electrons. The normalized spacial score (nSPS) is 38.8. The molecule has 0 atom stereocenters. The van der Waals surface area contributed by atoms with Crippen molar-refractivity contribution in [3.05, 3.63) is 0 Å². The summed E-state index contributed by atoms with van der Waals surface area (Å²) in [5, 5.41) is 5.02. The highest BCUT2D eigenvalue weighted by Gasteiger charge is 2.40. The Morgan fingerprint density at radius 3 is 2.57 bits per heavy atom. The van der Waals surface area contributed by atoms with Crippen LogP contribution in [0.2, 0.25) is 0 Å². The first-order valence-electron chi connectivity index (χ1n) is 8.63. The van der Waals surface area contributed by atoms with Gasteiger partial charge in [-0.1, -0.05) is 25.6 Å². The van der Waals surface area contributed by atoms with Crippen molar-refractivity contribution in [3.8, 4) is 0 Å². The van der Waals surface area contributed by atoms with Crippen molar-refractivity contribution in [2.75, 3.05) is 32.4 Å². The molecule has 2 saturated heterocycles. The van der Waals surface area contributed by atoms with E-state index in [4.69, 9.17) is 4.99 Å². The van der Waals surface area contributed by atoms with Crippen LogP contribution in [-0.2, 0) is 0 Å². The maximum Gasteiger partial charge on any atom is 0.157 e. The third-order valence-corrected chi connectivity index (χ3v) is 7.09. The van der Waals surface area contributed by atoms with E-state index < -0.39 is 0 Å². The van der Waals surface area contributed by atoms with Crippen LogP contribution >= 0.6 is 11.8 Å². The van der Waals surface area contributed by atoms with Gasteiger partial charge in [0, 0.05) is 17.8 Å². The molecule has 1 saturated carbocycles. The van der Waals surface area contributed by atoms with E-state index in [1.165, 1.54) is 62.5 Å². The van der Waals surface area contributed by atoms with Crippen molar-refractivity contribution in [1.82, 2.24) is 10.2 Å². The highest BCUT2D eigenvalue weighted by Crippen LogP contribution is 2.39. The smallest absolute Gasteiger partial charge is 0.157 e. The van der Waals surface area contributed by atoms with E-state index in [-0.39, 0.29) is 0 Å². The Morgan fingerprint density at radius 1 is 1.24 bits per heavy atom. The van der Waals surface area contributed by atoms with Crippen LogP contribution in [-0.4, -0.2) is 48.0 Å². The third kappa shape index (κ3) is 3.76. The van der Waals surface area contributed by atoms with Crippen molar-refractivity contribution >= 4 is 16.9 Å². The Labute approximate surface area is 134 Å². The highest BCUT2D eigenvalue weighted by molar-refractivity contribution is 8.14. The van der Waals surface area contributed by atoms with E-state index in [1.54, 1.807) is 0 Å². The maximum atomic E-state index is 4.96. The number of aliphatic imine (C=N–C) groups is 1. The first-order valence-corrected chi connectivity index (χ1v) is 9.61. The average molecular weight is 310 g/mol. The summed E-state index contributed by atoms with van der Waals surface area (Å²) in [5.41, 5.74) is 0.794. The van der Waals surface area contributed by atoms with E-state index in [2.05, 4.69) is 31.1 Å². The molecular weight excluding hydrogens is 278 g/mol. The molecule has 0 aromatic carbocycles. The quantitative estimate of drug-likeness (QED) is 0.847. The van der Waals surface area contributed by atoms with Gasteiger partial charge in [0.15, 0.2) is 5.17 Å². The zero-order chi connectivity index (χ0) is 14.9. The monoisotopic (exact) mass is 309 g/mol. The topological polar surface area (TPSA) is 27.6 Å². The molecule has 0 amide bonds. The summed E-state index contributed by atoms with van der Waals surface area (Å²) in [6.45, 7) is 8.27. The molecule has 2 aliphatic heterocycles. The largest absolute Gasteiger partial charge is 0.359 e. The molecule has 3 aliphatic rings. The molecule has 0 bridgehead atoms. The molecule has 21 heavy (non-hydrogen) atoms. The van der Waals surface area contributed by atoms with E-state index in [0.717, 1.165) is 12.5 Å². The van der Waals surface area contributed by atoms with Crippen LogP contribution in [0.15, 0.2) is 4.99 Å². The fraction of sp³-hybridized carbons (Fsp3) is 0.941. The third-order valence-electron chi connectivity index (χ3n) is 5.89. The second kappa shape index (κ2) is 6.11. The lowest BCUT2D eigenvalue weighted by Gasteiger charge is -2.37. The zero-order valence-electron chi connectivity index (χ0n) is 14.0. The Bertz CT molecular complexity index is 391. The summed E-state index contributed by atoms with van der Waals surface area (Å²) in [5.74, 6) is 2.15. The zero-order valence-corrected chi connectivity index (χ0v) is 14.8. The van der Waals surface area contributed by atoms with Crippen LogP contribution < -0.4 is 5.32 Å². The van der Waals surface area contributed by atoms with Gasteiger partial charge in [0.2, 0.25) is 0 Å². The van der Waals surface area contributed by atoms with Crippen LogP contribution in [0.25, 0.3) is 0 Å². The highest BCUT2D eigenvalue weighted by atomic mass is 32.2. The number of piperidine rings is 1. The van der Waals surface area contributed by atoms with Gasteiger partial charge >= 0.3 is 0 Å². The lowest BCUT2D eigenvalue weighted by Crippen LogP contribution is -2.46. The van der Waals surface area contributed by atoms with Crippen LogP contribution in [0.5, 0.6) is 0 Å².